The lowest BCUT2D eigenvalue weighted by atomic mass is 9.76. The standard InChI is InChI=1S/C21H34O5/c1-13(12-22)5-4-6-14(2)15-9-10-21(3,26)17(15)11-16-18(23)7-8-19(24)20(16)25/h9,13-14,17,19,22,24-26H,4-8,10-12H2,1-3H3. The molecule has 0 saturated heterocycles. The summed E-state index contributed by atoms with van der Waals surface area (Å²) in [4.78, 5) is 12.3. The second-order valence-electron chi connectivity index (χ2n) is 8.48. The van der Waals surface area contributed by atoms with Crippen molar-refractivity contribution >= 4 is 5.78 Å². The molecule has 26 heavy (non-hydrogen) atoms. The third-order valence-electron chi connectivity index (χ3n) is 6.13. The Morgan fingerprint density at radius 3 is 2.65 bits per heavy atom. The predicted octanol–water partition coefficient (Wildman–Crippen LogP) is 3.04. The van der Waals surface area contributed by atoms with Crippen LogP contribution in [-0.2, 0) is 4.79 Å². The Labute approximate surface area is 156 Å². The monoisotopic (exact) mass is 366 g/mol. The van der Waals surface area contributed by atoms with E-state index >= 15 is 0 Å². The molecule has 5 atom stereocenters. The predicted molar refractivity (Wildman–Crippen MR) is 101 cm³/mol. The molecule has 0 heterocycles. The Kier molecular flexibility index (Phi) is 7.05. The number of carbonyl (C=O) groups excluding carboxylic acids is 1. The summed E-state index contributed by atoms with van der Waals surface area (Å²) in [5.41, 5.74) is 0.473. The van der Waals surface area contributed by atoms with E-state index in [4.69, 9.17) is 5.11 Å². The van der Waals surface area contributed by atoms with Gasteiger partial charge >= 0.3 is 0 Å². The van der Waals surface area contributed by atoms with Crippen molar-refractivity contribution in [3.63, 3.8) is 0 Å². The van der Waals surface area contributed by atoms with Gasteiger partial charge in [0, 0.05) is 24.5 Å². The lowest BCUT2D eigenvalue weighted by Gasteiger charge is -2.32. The summed E-state index contributed by atoms with van der Waals surface area (Å²) in [5.74, 6) is -0.000461. The number of hydrogen-bond donors (Lipinski definition) is 4. The molecule has 0 aliphatic heterocycles. The minimum absolute atomic E-state index is 0.126. The van der Waals surface area contributed by atoms with Crippen LogP contribution < -0.4 is 0 Å². The van der Waals surface area contributed by atoms with Crippen LogP contribution >= 0.6 is 0 Å². The summed E-state index contributed by atoms with van der Waals surface area (Å²) in [6.07, 6.45) is 5.34. The first-order chi connectivity index (χ1) is 12.2. The van der Waals surface area contributed by atoms with Crippen LogP contribution in [0.4, 0.5) is 0 Å². The molecule has 0 aromatic heterocycles. The molecule has 0 amide bonds. The summed E-state index contributed by atoms with van der Waals surface area (Å²) >= 11 is 0. The van der Waals surface area contributed by atoms with E-state index in [1.807, 2.05) is 6.92 Å². The van der Waals surface area contributed by atoms with E-state index in [9.17, 15) is 20.1 Å². The Hall–Kier alpha value is -1.17. The van der Waals surface area contributed by atoms with Crippen LogP contribution in [0.25, 0.3) is 0 Å². The van der Waals surface area contributed by atoms with Gasteiger partial charge in [-0.1, -0.05) is 31.9 Å². The van der Waals surface area contributed by atoms with Gasteiger partial charge in [-0.05, 0) is 50.9 Å². The highest BCUT2D eigenvalue weighted by molar-refractivity contribution is 5.96. The van der Waals surface area contributed by atoms with Gasteiger partial charge in [0.25, 0.3) is 0 Å². The third-order valence-corrected chi connectivity index (χ3v) is 6.13. The summed E-state index contributed by atoms with van der Waals surface area (Å²) in [6, 6.07) is 0. The lowest BCUT2D eigenvalue weighted by Crippen LogP contribution is -2.35. The average Bonchev–Trinajstić information content (AvgIpc) is 2.89. The SMILES string of the molecule is CC(CO)CCCC(C)C1=CCC(C)(O)C1CC1=C(O)C(O)CCC1=O. The first kappa shape index (κ1) is 21.1. The molecule has 0 bridgehead atoms. The van der Waals surface area contributed by atoms with Crippen molar-refractivity contribution in [2.45, 2.75) is 77.4 Å². The van der Waals surface area contributed by atoms with E-state index < -0.39 is 11.7 Å². The molecule has 0 saturated carbocycles. The quantitative estimate of drug-likeness (QED) is 0.495. The van der Waals surface area contributed by atoms with Gasteiger partial charge in [0.05, 0.1) is 5.60 Å². The van der Waals surface area contributed by atoms with E-state index in [2.05, 4.69) is 13.0 Å². The molecule has 5 nitrogen and oxygen atoms in total. The molecule has 5 heteroatoms. The van der Waals surface area contributed by atoms with E-state index in [1.165, 1.54) is 0 Å². The first-order valence-corrected chi connectivity index (χ1v) is 9.83. The second kappa shape index (κ2) is 8.68. The second-order valence-corrected chi connectivity index (χ2v) is 8.48. The minimum atomic E-state index is -0.973. The molecule has 2 rings (SSSR count). The fourth-order valence-electron chi connectivity index (χ4n) is 4.20. The molecule has 148 valence electrons. The van der Waals surface area contributed by atoms with Crippen molar-refractivity contribution in [2.24, 2.45) is 17.8 Å². The molecule has 2 aliphatic carbocycles. The number of Topliss-reactive ketones (excluding diaryl/α,β-unsaturated/α-hetero) is 1. The van der Waals surface area contributed by atoms with Crippen molar-refractivity contribution < 1.29 is 25.2 Å². The fourth-order valence-corrected chi connectivity index (χ4v) is 4.20. The zero-order valence-electron chi connectivity index (χ0n) is 16.2. The number of aliphatic hydroxyl groups is 4. The molecule has 0 radical (unpaired) electrons. The van der Waals surface area contributed by atoms with Crippen molar-refractivity contribution in [1.82, 2.24) is 0 Å². The molecule has 2 aliphatic rings. The number of allylic oxidation sites excluding steroid dienone is 1. The molecule has 0 fully saturated rings. The summed E-state index contributed by atoms with van der Waals surface area (Å²) in [5, 5.41) is 40.0. The van der Waals surface area contributed by atoms with Crippen LogP contribution in [0.15, 0.2) is 23.0 Å². The molecule has 0 aromatic rings. The topological polar surface area (TPSA) is 98.0 Å². The third kappa shape index (κ3) is 4.76. The maximum atomic E-state index is 12.3. The molecular formula is C21H34O5. The van der Waals surface area contributed by atoms with E-state index in [0.717, 1.165) is 24.8 Å². The van der Waals surface area contributed by atoms with E-state index in [-0.39, 0.29) is 54.8 Å². The van der Waals surface area contributed by atoms with Gasteiger partial charge in [0.15, 0.2) is 5.78 Å². The smallest absolute Gasteiger partial charge is 0.162 e. The van der Waals surface area contributed by atoms with Crippen LogP contribution in [-0.4, -0.2) is 44.5 Å². The highest BCUT2D eigenvalue weighted by Gasteiger charge is 2.42. The first-order valence-electron chi connectivity index (χ1n) is 9.83. The van der Waals surface area contributed by atoms with Gasteiger partial charge in [-0.25, -0.2) is 0 Å². The summed E-state index contributed by atoms with van der Waals surface area (Å²) in [7, 11) is 0. The summed E-state index contributed by atoms with van der Waals surface area (Å²) < 4.78 is 0. The van der Waals surface area contributed by atoms with Crippen molar-refractivity contribution in [1.29, 1.82) is 0 Å². The van der Waals surface area contributed by atoms with Gasteiger partial charge in [-0.15, -0.1) is 0 Å². The molecule has 5 unspecified atom stereocenters. The van der Waals surface area contributed by atoms with Crippen LogP contribution in [0.3, 0.4) is 0 Å². The maximum absolute atomic E-state index is 12.3. The van der Waals surface area contributed by atoms with Gasteiger partial charge in [0.2, 0.25) is 0 Å². The zero-order valence-corrected chi connectivity index (χ0v) is 16.2. The van der Waals surface area contributed by atoms with Gasteiger partial charge in [-0.3, -0.25) is 4.79 Å². The fraction of sp³-hybridized carbons (Fsp3) is 0.762. The summed E-state index contributed by atoms with van der Waals surface area (Å²) in [6.45, 7) is 6.15. The molecule has 0 aromatic carbocycles. The molecular weight excluding hydrogens is 332 g/mol. The van der Waals surface area contributed by atoms with Crippen LogP contribution in [0.2, 0.25) is 0 Å². The van der Waals surface area contributed by atoms with E-state index in [1.54, 1.807) is 6.92 Å². The van der Waals surface area contributed by atoms with Crippen molar-refractivity contribution in [3.8, 4) is 0 Å². The minimum Gasteiger partial charge on any atom is -0.509 e. The number of carbonyl (C=O) groups is 1. The Bertz CT molecular complexity index is 575. The number of rotatable bonds is 8. The average molecular weight is 366 g/mol. The van der Waals surface area contributed by atoms with Gasteiger partial charge < -0.3 is 20.4 Å². The Morgan fingerprint density at radius 1 is 1.31 bits per heavy atom. The Morgan fingerprint density at radius 2 is 2.00 bits per heavy atom. The van der Waals surface area contributed by atoms with Crippen molar-refractivity contribution in [2.75, 3.05) is 6.61 Å². The zero-order chi connectivity index (χ0) is 19.5. The van der Waals surface area contributed by atoms with Gasteiger partial charge in [-0.2, -0.15) is 0 Å². The lowest BCUT2D eigenvalue weighted by molar-refractivity contribution is -0.117. The molecule has 0 spiro atoms. The van der Waals surface area contributed by atoms with E-state index in [0.29, 0.717) is 12.3 Å². The normalized spacial score (nSPS) is 31.9. The molecule has 4 N–H and O–H groups in total. The van der Waals surface area contributed by atoms with Crippen molar-refractivity contribution in [3.05, 3.63) is 23.0 Å². The number of hydrogen-bond acceptors (Lipinski definition) is 5. The van der Waals surface area contributed by atoms with Gasteiger partial charge in [0.1, 0.15) is 11.9 Å². The maximum Gasteiger partial charge on any atom is 0.162 e. The van der Waals surface area contributed by atoms with Crippen LogP contribution in [0.1, 0.15) is 65.7 Å². The van der Waals surface area contributed by atoms with Crippen LogP contribution in [0, 0.1) is 17.8 Å². The van der Waals surface area contributed by atoms with Crippen LogP contribution in [0.5, 0.6) is 0 Å². The Balaban J connectivity index is 2.10. The number of aliphatic hydroxyl groups excluding tert-OH is 3. The number of ketones is 1. The highest BCUT2D eigenvalue weighted by Crippen LogP contribution is 2.45. The largest absolute Gasteiger partial charge is 0.509 e. The highest BCUT2D eigenvalue weighted by atomic mass is 16.3.